The zero-order chi connectivity index (χ0) is 20.5. The molecule has 0 radical (unpaired) electrons. The number of hydrogen-bond acceptors (Lipinski definition) is 4. The van der Waals surface area contributed by atoms with Crippen LogP contribution >= 0.6 is 0 Å². The number of piperidine rings is 1. The molecule has 0 amide bonds. The predicted molar refractivity (Wildman–Crippen MR) is 114 cm³/mol. The molecule has 29 heavy (non-hydrogen) atoms. The van der Waals surface area contributed by atoms with Gasteiger partial charge in [-0.15, -0.1) is 0 Å². The Morgan fingerprint density at radius 1 is 1.17 bits per heavy atom. The van der Waals surface area contributed by atoms with Crippen molar-refractivity contribution in [2.24, 2.45) is 5.92 Å². The molecule has 5 nitrogen and oxygen atoms in total. The average molecular weight is 395 g/mol. The van der Waals surface area contributed by atoms with E-state index in [0.717, 1.165) is 48.4 Å². The molecule has 2 aromatic rings. The van der Waals surface area contributed by atoms with Gasteiger partial charge in [0, 0.05) is 13.1 Å². The summed E-state index contributed by atoms with van der Waals surface area (Å²) < 4.78 is 11.2. The lowest BCUT2D eigenvalue weighted by atomic mass is 9.97. The molecule has 0 bridgehead atoms. The average Bonchev–Trinajstić information content (AvgIpc) is 2.77. The zero-order valence-electron chi connectivity index (χ0n) is 16.9. The van der Waals surface area contributed by atoms with Gasteiger partial charge in [0.2, 0.25) is 0 Å². The fourth-order valence-electron chi connectivity index (χ4n) is 3.69. The minimum atomic E-state index is -0.690. The van der Waals surface area contributed by atoms with E-state index in [1.54, 1.807) is 7.11 Å². The first-order chi connectivity index (χ1) is 14.2. The second-order valence-corrected chi connectivity index (χ2v) is 7.27. The van der Waals surface area contributed by atoms with Crippen LogP contribution in [0.2, 0.25) is 0 Å². The van der Waals surface area contributed by atoms with Crippen molar-refractivity contribution in [3.05, 3.63) is 71.8 Å². The smallest absolute Gasteiger partial charge is 0.307 e. The third-order valence-electron chi connectivity index (χ3n) is 5.28. The van der Waals surface area contributed by atoms with Crippen LogP contribution in [0.1, 0.15) is 24.0 Å². The number of ether oxygens (including phenoxy) is 2. The maximum absolute atomic E-state index is 11.2. The van der Waals surface area contributed by atoms with Gasteiger partial charge in [-0.1, -0.05) is 48.5 Å². The summed E-state index contributed by atoms with van der Waals surface area (Å²) in [6, 6.07) is 18.3. The van der Waals surface area contributed by atoms with Crippen molar-refractivity contribution < 1.29 is 19.4 Å². The Kier molecular flexibility index (Phi) is 7.85. The molecule has 1 heterocycles. The molecule has 1 unspecified atom stereocenters. The number of hydrogen-bond donors (Lipinski definition) is 1. The molecule has 3 rings (SSSR count). The number of rotatable bonds is 9. The third kappa shape index (κ3) is 6.17. The van der Waals surface area contributed by atoms with Crippen LogP contribution in [0.25, 0.3) is 5.57 Å². The van der Waals surface area contributed by atoms with Crippen LogP contribution in [0.3, 0.4) is 0 Å². The Labute approximate surface area is 172 Å². The van der Waals surface area contributed by atoms with Gasteiger partial charge in [0.1, 0.15) is 5.75 Å². The normalized spacial score (nSPS) is 17.8. The summed E-state index contributed by atoms with van der Waals surface area (Å²) in [6.45, 7) is 3.41. The molecular formula is C24H29NO4. The summed E-state index contributed by atoms with van der Waals surface area (Å²) in [5.41, 5.74) is 3.32. The lowest BCUT2D eigenvalue weighted by Gasteiger charge is -2.30. The topological polar surface area (TPSA) is 59.0 Å². The number of aliphatic carboxylic acids is 1. The van der Waals surface area contributed by atoms with Gasteiger partial charge in [0.25, 0.3) is 0 Å². The lowest BCUT2D eigenvalue weighted by Crippen LogP contribution is -2.40. The van der Waals surface area contributed by atoms with E-state index in [1.807, 2.05) is 36.4 Å². The summed E-state index contributed by atoms with van der Waals surface area (Å²) in [5.74, 6) is -0.117. The van der Waals surface area contributed by atoms with Crippen molar-refractivity contribution in [1.82, 2.24) is 4.90 Å². The zero-order valence-corrected chi connectivity index (χ0v) is 16.9. The first-order valence-corrected chi connectivity index (χ1v) is 10.1. The van der Waals surface area contributed by atoms with Crippen molar-refractivity contribution in [1.29, 1.82) is 0 Å². The number of benzene rings is 2. The van der Waals surface area contributed by atoms with E-state index in [1.165, 1.54) is 0 Å². The summed E-state index contributed by atoms with van der Waals surface area (Å²) in [7, 11) is 1.67. The van der Waals surface area contributed by atoms with Crippen LogP contribution in [0, 0.1) is 5.92 Å². The quantitative estimate of drug-likeness (QED) is 0.652. The highest BCUT2D eigenvalue weighted by Crippen LogP contribution is 2.26. The molecule has 1 N–H and O–H groups in total. The van der Waals surface area contributed by atoms with E-state index in [2.05, 4.69) is 29.2 Å². The largest absolute Gasteiger partial charge is 0.497 e. The Morgan fingerprint density at radius 3 is 2.72 bits per heavy atom. The van der Waals surface area contributed by atoms with Crippen LogP contribution in [-0.2, 0) is 9.53 Å². The van der Waals surface area contributed by atoms with Crippen molar-refractivity contribution in [2.75, 3.05) is 40.0 Å². The van der Waals surface area contributed by atoms with Crippen molar-refractivity contribution in [2.45, 2.75) is 12.8 Å². The Morgan fingerprint density at radius 2 is 1.97 bits per heavy atom. The monoisotopic (exact) mass is 395 g/mol. The van der Waals surface area contributed by atoms with Crippen LogP contribution in [0.5, 0.6) is 5.75 Å². The van der Waals surface area contributed by atoms with Gasteiger partial charge >= 0.3 is 5.97 Å². The second-order valence-electron chi connectivity index (χ2n) is 7.27. The van der Waals surface area contributed by atoms with Gasteiger partial charge in [-0.2, -0.15) is 0 Å². The van der Waals surface area contributed by atoms with E-state index in [4.69, 9.17) is 9.47 Å². The summed E-state index contributed by atoms with van der Waals surface area (Å²) in [4.78, 5) is 13.4. The molecule has 1 atom stereocenters. The Balaban J connectivity index is 1.59. The van der Waals surface area contributed by atoms with Crippen LogP contribution < -0.4 is 4.74 Å². The highest BCUT2D eigenvalue weighted by molar-refractivity contribution is 5.80. The van der Waals surface area contributed by atoms with Crippen LogP contribution in [0.15, 0.2) is 60.7 Å². The van der Waals surface area contributed by atoms with Crippen molar-refractivity contribution >= 4 is 11.5 Å². The minimum absolute atomic E-state index is 0.249. The van der Waals surface area contributed by atoms with Crippen LogP contribution in [-0.4, -0.2) is 55.9 Å². The number of carboxylic acids is 1. The summed E-state index contributed by atoms with van der Waals surface area (Å²) in [6.07, 6.45) is 3.81. The molecule has 1 aliphatic rings. The van der Waals surface area contributed by atoms with E-state index in [0.29, 0.717) is 19.8 Å². The highest BCUT2D eigenvalue weighted by Gasteiger charge is 2.24. The maximum atomic E-state index is 11.2. The molecule has 5 heteroatoms. The number of likely N-dealkylation sites (tertiary alicyclic amines) is 1. The van der Waals surface area contributed by atoms with Crippen LogP contribution in [0.4, 0.5) is 0 Å². The lowest BCUT2D eigenvalue weighted by molar-refractivity contribution is -0.143. The third-order valence-corrected chi connectivity index (χ3v) is 5.28. The fourth-order valence-corrected chi connectivity index (χ4v) is 3.69. The minimum Gasteiger partial charge on any atom is -0.497 e. The molecule has 1 aliphatic heterocycles. The SMILES string of the molecule is COc1cccc(/C(=C\COCCN2CCCC(C(=O)O)C2)c2ccccc2)c1. The fraction of sp³-hybridized carbons (Fsp3) is 0.375. The molecule has 154 valence electrons. The first-order valence-electron chi connectivity index (χ1n) is 10.1. The van der Waals surface area contributed by atoms with Crippen molar-refractivity contribution in [3.8, 4) is 5.75 Å². The maximum Gasteiger partial charge on any atom is 0.307 e. The van der Waals surface area contributed by atoms with Gasteiger partial charge in [0.05, 0.1) is 26.2 Å². The molecule has 1 fully saturated rings. The Bertz CT molecular complexity index is 819. The van der Waals surface area contributed by atoms with Crippen molar-refractivity contribution in [3.63, 3.8) is 0 Å². The predicted octanol–water partition coefficient (Wildman–Crippen LogP) is 3.94. The second kappa shape index (κ2) is 10.8. The number of nitrogens with zero attached hydrogens (tertiary/aromatic N) is 1. The standard InChI is InChI=1S/C24H29NO4/c1-28-22-11-5-9-20(17-22)23(19-7-3-2-4-8-19)12-15-29-16-14-25-13-6-10-21(18-25)24(26)27/h2-5,7-9,11-12,17,21H,6,10,13-16,18H2,1H3,(H,26,27)/b23-12-. The summed E-state index contributed by atoms with van der Waals surface area (Å²) in [5, 5.41) is 9.21. The van der Waals surface area contributed by atoms with E-state index >= 15 is 0 Å². The molecule has 1 saturated heterocycles. The van der Waals surface area contributed by atoms with Gasteiger partial charge in [-0.3, -0.25) is 4.79 Å². The van der Waals surface area contributed by atoms with Gasteiger partial charge in [-0.05, 0) is 48.2 Å². The van der Waals surface area contributed by atoms with Gasteiger partial charge in [0.15, 0.2) is 0 Å². The first kappa shape index (κ1) is 21.1. The van der Waals surface area contributed by atoms with E-state index in [-0.39, 0.29) is 5.92 Å². The van der Waals surface area contributed by atoms with Gasteiger partial charge in [-0.25, -0.2) is 0 Å². The van der Waals surface area contributed by atoms with E-state index in [9.17, 15) is 9.90 Å². The van der Waals surface area contributed by atoms with E-state index < -0.39 is 5.97 Å². The molecule has 2 aromatic carbocycles. The molecular weight excluding hydrogens is 366 g/mol. The molecule has 0 saturated carbocycles. The Hall–Kier alpha value is -2.63. The number of carbonyl (C=O) groups is 1. The molecule has 0 aliphatic carbocycles. The molecule has 0 spiro atoms. The highest BCUT2D eigenvalue weighted by atomic mass is 16.5. The van der Waals surface area contributed by atoms with Gasteiger partial charge < -0.3 is 19.5 Å². The molecule has 0 aromatic heterocycles. The summed E-state index contributed by atoms with van der Waals surface area (Å²) >= 11 is 0. The number of methoxy groups -OCH3 is 1. The number of carboxylic acid groups (broad SMARTS) is 1.